The Kier molecular flexibility index (Phi) is 6.03. The maximum atomic E-state index is 12.8. The van der Waals surface area contributed by atoms with Crippen molar-refractivity contribution in [3.8, 4) is 0 Å². The molecule has 0 aliphatic heterocycles. The summed E-state index contributed by atoms with van der Waals surface area (Å²) in [5.74, 6) is -0.420. The van der Waals surface area contributed by atoms with Crippen molar-refractivity contribution in [1.29, 1.82) is 0 Å². The van der Waals surface area contributed by atoms with Gasteiger partial charge < -0.3 is 9.30 Å². The van der Waals surface area contributed by atoms with Gasteiger partial charge in [-0.2, -0.15) is 0 Å². The van der Waals surface area contributed by atoms with E-state index in [1.54, 1.807) is 12.1 Å². The molecule has 166 valence electrons. The molecule has 0 atom stereocenters. The second-order valence-electron chi connectivity index (χ2n) is 7.71. The first-order valence-electron chi connectivity index (χ1n) is 10.1. The normalized spacial score (nSPS) is 11.0. The van der Waals surface area contributed by atoms with Gasteiger partial charge in [0.2, 0.25) is 0 Å². The number of aryl methyl sites for hydroxylation is 1. The molecule has 3 aromatic carbocycles. The van der Waals surface area contributed by atoms with Gasteiger partial charge in [0.1, 0.15) is 0 Å². The highest BCUT2D eigenvalue weighted by molar-refractivity contribution is 14.0. The minimum Gasteiger partial charge on any atom is -0.465 e. The van der Waals surface area contributed by atoms with E-state index in [1.165, 1.54) is 19.2 Å². The van der Waals surface area contributed by atoms with E-state index in [-0.39, 0.29) is 29.7 Å². The van der Waals surface area contributed by atoms with Crippen LogP contribution in [0.15, 0.2) is 67.0 Å². The average molecular weight is 553 g/mol. The number of fused-ring (bicyclic) bond motifs is 4. The predicted molar refractivity (Wildman–Crippen MR) is 138 cm³/mol. The van der Waals surface area contributed by atoms with Crippen molar-refractivity contribution in [3.05, 3.63) is 93.8 Å². The third kappa shape index (κ3) is 3.80. The third-order valence-corrected chi connectivity index (χ3v) is 5.85. The van der Waals surface area contributed by atoms with E-state index in [9.17, 15) is 14.9 Å². The van der Waals surface area contributed by atoms with Crippen LogP contribution >= 0.6 is 24.0 Å². The zero-order valence-electron chi connectivity index (χ0n) is 17.9. The maximum absolute atomic E-state index is 12.8. The molecule has 33 heavy (non-hydrogen) atoms. The van der Waals surface area contributed by atoms with Gasteiger partial charge in [0, 0.05) is 52.6 Å². The van der Waals surface area contributed by atoms with Crippen molar-refractivity contribution < 1.29 is 14.5 Å². The van der Waals surface area contributed by atoms with Crippen LogP contribution in [0.5, 0.6) is 0 Å². The number of non-ortho nitro benzene ring substituents is 1. The van der Waals surface area contributed by atoms with Crippen molar-refractivity contribution in [2.75, 3.05) is 7.11 Å². The number of para-hydroxylation sites is 1. The Balaban J connectivity index is 0.00000259. The molecule has 0 N–H and O–H groups in total. The van der Waals surface area contributed by atoms with E-state index < -0.39 is 10.9 Å². The number of pyridine rings is 1. The Bertz CT molecular complexity index is 1540. The number of carbonyl (C=O) groups is 1. The highest BCUT2D eigenvalue weighted by atomic mass is 127. The van der Waals surface area contributed by atoms with Crippen molar-refractivity contribution in [2.45, 2.75) is 13.5 Å². The summed E-state index contributed by atoms with van der Waals surface area (Å²) in [7, 11) is 1.38. The first-order valence-corrected chi connectivity index (χ1v) is 10.1. The highest BCUT2D eigenvalue weighted by Gasteiger charge is 2.22. The van der Waals surface area contributed by atoms with E-state index >= 15 is 0 Å². The van der Waals surface area contributed by atoms with E-state index in [0.717, 1.165) is 38.2 Å². The molecule has 0 aliphatic carbocycles. The molecule has 0 radical (unpaired) electrons. The fraction of sp³-hybridized carbons (Fsp3) is 0.120. The SMILES string of the molecule is COC(=O)c1c2ccn(Cc3ccc([N+](=O)[O-])cc3)cc2c(C)c2c1nc1ccccc12.I. The number of rotatable bonds is 4. The molecule has 0 spiro atoms. The first kappa shape index (κ1) is 22.7. The van der Waals surface area contributed by atoms with Crippen molar-refractivity contribution >= 4 is 68.2 Å². The zero-order chi connectivity index (χ0) is 22.4. The number of esters is 1. The number of carbonyl (C=O) groups excluding carboxylic acids is 1. The van der Waals surface area contributed by atoms with Crippen LogP contribution in [0.2, 0.25) is 0 Å². The lowest BCUT2D eigenvalue weighted by atomic mass is 9.96. The number of nitro groups is 1. The van der Waals surface area contributed by atoms with Gasteiger partial charge in [-0.25, -0.2) is 9.78 Å². The smallest absolute Gasteiger partial charge is 0.340 e. The van der Waals surface area contributed by atoms with Gasteiger partial charge in [-0.3, -0.25) is 10.1 Å². The summed E-state index contributed by atoms with van der Waals surface area (Å²) < 4.78 is 7.11. The molecule has 0 bridgehead atoms. The van der Waals surface area contributed by atoms with Crippen molar-refractivity contribution in [1.82, 2.24) is 9.55 Å². The molecule has 0 aliphatic rings. The van der Waals surface area contributed by atoms with Gasteiger partial charge in [0.15, 0.2) is 0 Å². The van der Waals surface area contributed by atoms with E-state index in [2.05, 4.69) is 0 Å². The van der Waals surface area contributed by atoms with E-state index in [0.29, 0.717) is 17.6 Å². The number of methoxy groups -OCH3 is 1. The molecule has 7 nitrogen and oxygen atoms in total. The van der Waals surface area contributed by atoms with Gasteiger partial charge >= 0.3 is 5.97 Å². The minimum atomic E-state index is -0.420. The van der Waals surface area contributed by atoms with Crippen LogP contribution in [0.25, 0.3) is 32.6 Å². The topological polar surface area (TPSA) is 87.3 Å². The molecule has 0 saturated heterocycles. The number of aromatic nitrogens is 2. The minimum absolute atomic E-state index is 0. The standard InChI is InChI=1S/C25H19N3O4.HI/c1-15-20-14-27(13-16-7-9-17(10-8-16)28(30)31)12-11-18(20)23(25(29)32-2)24-22(15)19-5-3-4-6-21(19)26-24;/h3-12,14H,13H2,1-2H3;1H. The van der Waals surface area contributed by atoms with Crippen LogP contribution in [-0.4, -0.2) is 27.6 Å². The van der Waals surface area contributed by atoms with Gasteiger partial charge in [0.05, 0.1) is 28.6 Å². The van der Waals surface area contributed by atoms with Crippen molar-refractivity contribution in [2.24, 2.45) is 0 Å². The number of nitrogens with zero attached hydrogens (tertiary/aromatic N) is 3. The largest absolute Gasteiger partial charge is 0.465 e. The summed E-state index contributed by atoms with van der Waals surface area (Å²) in [4.78, 5) is 28.0. The van der Waals surface area contributed by atoms with Gasteiger partial charge in [-0.1, -0.05) is 30.3 Å². The second-order valence-corrected chi connectivity index (χ2v) is 7.71. The van der Waals surface area contributed by atoms with Crippen LogP contribution in [0.1, 0.15) is 21.5 Å². The molecule has 5 rings (SSSR count). The molecule has 8 heteroatoms. The fourth-order valence-electron chi connectivity index (χ4n) is 4.31. The molecule has 5 aromatic rings. The Morgan fingerprint density at radius 2 is 1.79 bits per heavy atom. The first-order chi connectivity index (χ1) is 15.5. The lowest BCUT2D eigenvalue weighted by Gasteiger charge is -2.14. The third-order valence-electron chi connectivity index (χ3n) is 5.85. The predicted octanol–water partition coefficient (Wildman–Crippen LogP) is 6.01. The quantitative estimate of drug-likeness (QED) is 0.118. The number of hydrogen-bond donors (Lipinski definition) is 0. The molecular formula is C25H20IN3O4. The second kappa shape index (κ2) is 8.78. The monoisotopic (exact) mass is 553 g/mol. The Hall–Kier alpha value is -3.53. The van der Waals surface area contributed by atoms with E-state index in [4.69, 9.17) is 9.72 Å². The summed E-state index contributed by atoms with van der Waals surface area (Å²) in [6.45, 7) is 2.58. The summed E-state index contributed by atoms with van der Waals surface area (Å²) in [5.41, 5.74) is 3.98. The molecule has 0 amide bonds. The van der Waals surface area contributed by atoms with Gasteiger partial charge in [0.25, 0.3) is 5.69 Å². The van der Waals surface area contributed by atoms with Crippen LogP contribution in [0.4, 0.5) is 5.69 Å². The molecular weight excluding hydrogens is 533 g/mol. The number of ether oxygens (including phenoxy) is 1. The number of halogens is 1. The maximum Gasteiger partial charge on any atom is 0.340 e. The summed E-state index contributed by atoms with van der Waals surface area (Å²) in [5, 5.41) is 14.6. The highest BCUT2D eigenvalue weighted by Crippen LogP contribution is 2.37. The molecule has 0 unspecified atom stereocenters. The molecule has 2 heterocycles. The zero-order valence-corrected chi connectivity index (χ0v) is 20.3. The van der Waals surface area contributed by atoms with Crippen LogP contribution in [-0.2, 0) is 11.3 Å². The van der Waals surface area contributed by atoms with Gasteiger partial charge in [-0.15, -0.1) is 24.0 Å². The lowest BCUT2D eigenvalue weighted by molar-refractivity contribution is -0.384. The van der Waals surface area contributed by atoms with Crippen LogP contribution < -0.4 is 0 Å². The summed E-state index contributed by atoms with van der Waals surface area (Å²) in [6, 6.07) is 16.3. The number of benzene rings is 3. The number of hydrogen-bond acceptors (Lipinski definition) is 5. The fourth-order valence-corrected chi connectivity index (χ4v) is 4.31. The number of nitro benzene ring substituents is 1. The Morgan fingerprint density at radius 3 is 2.48 bits per heavy atom. The van der Waals surface area contributed by atoms with Gasteiger partial charge in [-0.05, 0) is 30.2 Å². The van der Waals surface area contributed by atoms with E-state index in [1.807, 2.05) is 54.2 Å². The average Bonchev–Trinajstić information content (AvgIpc) is 3.19. The Labute approximate surface area is 206 Å². The Morgan fingerprint density at radius 1 is 1.06 bits per heavy atom. The molecule has 0 saturated carbocycles. The molecule has 2 aromatic heterocycles. The van der Waals surface area contributed by atoms with Crippen molar-refractivity contribution in [3.63, 3.8) is 0 Å². The van der Waals surface area contributed by atoms with Crippen LogP contribution in [0.3, 0.4) is 0 Å². The van der Waals surface area contributed by atoms with Crippen LogP contribution in [0, 0.1) is 17.0 Å². The summed E-state index contributed by atoms with van der Waals surface area (Å²) >= 11 is 0. The lowest BCUT2D eigenvalue weighted by Crippen LogP contribution is -2.06. The molecule has 0 fully saturated rings. The summed E-state index contributed by atoms with van der Waals surface area (Å²) in [6.07, 6.45) is 3.89.